The third kappa shape index (κ3) is 9.43. The van der Waals surface area contributed by atoms with Crippen molar-refractivity contribution < 1.29 is 0 Å². The topological polar surface area (TPSA) is 41.3 Å². The van der Waals surface area contributed by atoms with Gasteiger partial charge in [-0.3, -0.25) is 0 Å². The molecule has 69 heavy (non-hydrogen) atoms. The smallest absolute Gasteiger partial charge is 0.197 e. The predicted octanol–water partition coefficient (Wildman–Crippen LogP) is 16.9. The fraction of sp³-hybridized carbons (Fsp3) is 0.231. The molecule has 3 nitrogen and oxygen atoms in total. The van der Waals surface area contributed by atoms with Crippen molar-refractivity contribution in [3.63, 3.8) is 0 Å². The number of nitrogens with two attached hydrogens (primary N) is 1. The zero-order valence-electron chi connectivity index (χ0n) is 41.4. The highest BCUT2D eigenvalue weighted by atomic mass is 15.2. The van der Waals surface area contributed by atoms with Gasteiger partial charge in [-0.2, -0.15) is 0 Å². The third-order valence-corrected chi connectivity index (χ3v) is 14.5. The highest BCUT2D eigenvalue weighted by molar-refractivity contribution is 6.67. The highest BCUT2D eigenvalue weighted by Gasteiger charge is 2.35. The van der Waals surface area contributed by atoms with Gasteiger partial charge >= 0.3 is 0 Å². The van der Waals surface area contributed by atoms with Gasteiger partial charge in [0.05, 0.1) is 5.69 Å². The van der Waals surface area contributed by atoms with Crippen LogP contribution < -0.4 is 21.4 Å². The Balaban J connectivity index is 1.31. The van der Waals surface area contributed by atoms with E-state index in [0.29, 0.717) is 5.92 Å². The van der Waals surface area contributed by atoms with Crippen molar-refractivity contribution in [1.29, 1.82) is 0 Å². The molecule has 3 N–H and O–H groups in total. The minimum atomic E-state index is 0.649. The van der Waals surface area contributed by atoms with Gasteiger partial charge in [-0.1, -0.05) is 151 Å². The van der Waals surface area contributed by atoms with E-state index in [2.05, 4.69) is 223 Å². The number of nitrogens with one attached hydrogen (secondary N) is 1. The van der Waals surface area contributed by atoms with Gasteiger partial charge in [-0.25, -0.2) is 0 Å². The number of benzene rings is 6. The Bertz CT molecular complexity index is 3180. The first-order chi connectivity index (χ1) is 33.7. The Morgan fingerprint density at radius 3 is 2.28 bits per heavy atom. The van der Waals surface area contributed by atoms with Crippen LogP contribution in [0.25, 0.3) is 44.5 Å². The van der Waals surface area contributed by atoms with E-state index < -0.39 is 0 Å². The molecule has 0 saturated heterocycles. The van der Waals surface area contributed by atoms with Crippen LogP contribution in [0.4, 0.5) is 22.7 Å². The molecular weight excluding hydrogens is 834 g/mol. The van der Waals surface area contributed by atoms with Crippen LogP contribution in [0.2, 0.25) is 0 Å². The fourth-order valence-corrected chi connectivity index (χ4v) is 10.7. The van der Waals surface area contributed by atoms with Crippen molar-refractivity contribution in [2.24, 2.45) is 0 Å². The molecular formula is C65H65BN3. The molecule has 4 aliphatic rings. The summed E-state index contributed by atoms with van der Waals surface area (Å²) in [5.74, 6) is 0.649. The maximum atomic E-state index is 6.76. The van der Waals surface area contributed by atoms with Crippen LogP contribution in [-0.2, 0) is 6.42 Å². The maximum Gasteiger partial charge on any atom is 0.197 e. The summed E-state index contributed by atoms with van der Waals surface area (Å²) in [5, 5.41) is 4.08. The predicted molar refractivity (Wildman–Crippen MR) is 299 cm³/mol. The Morgan fingerprint density at radius 2 is 1.54 bits per heavy atom. The molecule has 0 aromatic heterocycles. The molecule has 0 spiro atoms. The van der Waals surface area contributed by atoms with Crippen molar-refractivity contribution >= 4 is 46.6 Å². The van der Waals surface area contributed by atoms with Crippen LogP contribution in [0.15, 0.2) is 192 Å². The second-order valence-corrected chi connectivity index (χ2v) is 19.8. The Labute approximate surface area is 412 Å². The van der Waals surface area contributed by atoms with Gasteiger partial charge in [-0.15, -0.1) is 0 Å². The van der Waals surface area contributed by atoms with E-state index in [4.69, 9.17) is 5.73 Å². The van der Waals surface area contributed by atoms with Crippen molar-refractivity contribution in [1.82, 2.24) is 0 Å². The SMILES string of the molecule is CCCc1c(-c2ccccc2C)cc2c(c1-c1ccc(C3=CC=CCC3)cc1NC1=CC=C(C)CC1)[B]C(=C(C)C)/C(=C\C=C(/C)c1ccccc1C1CC1)N2c1ccc(N)cc1-c1ccccc1. The van der Waals surface area contributed by atoms with Gasteiger partial charge in [-0.05, 0) is 195 Å². The lowest BCUT2D eigenvalue weighted by Gasteiger charge is -2.40. The number of hydrogen-bond acceptors (Lipinski definition) is 3. The summed E-state index contributed by atoms with van der Waals surface area (Å²) in [6.07, 6.45) is 24.7. The Morgan fingerprint density at radius 1 is 0.739 bits per heavy atom. The first-order valence-corrected chi connectivity index (χ1v) is 25.3. The molecule has 0 amide bonds. The van der Waals surface area contributed by atoms with Crippen molar-refractivity contribution in [2.45, 2.75) is 98.8 Å². The molecule has 3 aliphatic carbocycles. The molecule has 10 rings (SSSR count). The van der Waals surface area contributed by atoms with E-state index in [-0.39, 0.29) is 0 Å². The number of fused-ring (bicyclic) bond motifs is 1. The van der Waals surface area contributed by atoms with E-state index in [1.807, 2.05) is 0 Å². The summed E-state index contributed by atoms with van der Waals surface area (Å²) in [4.78, 5) is 2.56. The van der Waals surface area contributed by atoms with Crippen LogP contribution in [0, 0.1) is 6.92 Å². The van der Waals surface area contributed by atoms with Crippen LogP contribution in [-0.4, -0.2) is 7.28 Å². The van der Waals surface area contributed by atoms with E-state index in [9.17, 15) is 0 Å². The zero-order valence-corrected chi connectivity index (χ0v) is 41.4. The maximum absolute atomic E-state index is 6.76. The second kappa shape index (κ2) is 19.9. The highest BCUT2D eigenvalue weighted by Crippen LogP contribution is 2.49. The Hall–Kier alpha value is -7.04. The summed E-state index contributed by atoms with van der Waals surface area (Å²) in [7, 11) is 2.52. The van der Waals surface area contributed by atoms with Gasteiger partial charge in [0.1, 0.15) is 0 Å². The number of hydrogen-bond donors (Lipinski definition) is 2. The second-order valence-electron chi connectivity index (χ2n) is 19.8. The van der Waals surface area contributed by atoms with Crippen LogP contribution >= 0.6 is 0 Å². The van der Waals surface area contributed by atoms with Crippen molar-refractivity contribution in [3.8, 4) is 33.4 Å². The molecule has 0 unspecified atom stereocenters. The van der Waals surface area contributed by atoms with Crippen LogP contribution in [0.5, 0.6) is 0 Å². The molecule has 0 bridgehead atoms. The average Bonchev–Trinajstić information content (AvgIpc) is 4.23. The van der Waals surface area contributed by atoms with E-state index in [1.165, 1.54) is 102 Å². The zero-order chi connectivity index (χ0) is 47.6. The number of anilines is 4. The third-order valence-electron chi connectivity index (χ3n) is 14.5. The van der Waals surface area contributed by atoms with E-state index in [0.717, 1.165) is 78.1 Å². The first kappa shape index (κ1) is 45.7. The van der Waals surface area contributed by atoms with Gasteiger partial charge in [0, 0.05) is 39.6 Å². The quantitative estimate of drug-likeness (QED) is 0.0950. The lowest BCUT2D eigenvalue weighted by molar-refractivity contribution is 0.910. The number of allylic oxidation sites excluding steroid dienone is 13. The van der Waals surface area contributed by atoms with Gasteiger partial charge < -0.3 is 16.0 Å². The molecule has 6 aromatic rings. The molecule has 1 saturated carbocycles. The molecule has 6 aromatic carbocycles. The molecule has 343 valence electrons. The molecule has 4 heteroatoms. The minimum Gasteiger partial charge on any atom is -0.399 e. The molecule has 1 radical (unpaired) electrons. The van der Waals surface area contributed by atoms with Crippen molar-refractivity contribution in [2.75, 3.05) is 16.0 Å². The van der Waals surface area contributed by atoms with Gasteiger partial charge in [0.25, 0.3) is 0 Å². The summed E-state index contributed by atoms with van der Waals surface area (Å²) < 4.78 is 0. The molecule has 1 aliphatic heterocycles. The normalized spacial score (nSPS) is 16.4. The lowest BCUT2D eigenvalue weighted by Crippen LogP contribution is -2.38. The summed E-state index contributed by atoms with van der Waals surface area (Å²) in [5.41, 5.74) is 35.0. The fourth-order valence-electron chi connectivity index (χ4n) is 10.7. The number of nitrogens with zero attached hydrogens (tertiary/aromatic N) is 1. The molecule has 1 fully saturated rings. The summed E-state index contributed by atoms with van der Waals surface area (Å²) in [6, 6.07) is 45.0. The monoisotopic (exact) mass is 899 g/mol. The largest absolute Gasteiger partial charge is 0.399 e. The van der Waals surface area contributed by atoms with Gasteiger partial charge in [0.15, 0.2) is 7.28 Å². The minimum absolute atomic E-state index is 0.649. The number of nitrogen functional groups attached to an aromatic ring is 1. The van der Waals surface area contributed by atoms with Crippen LogP contribution in [0.3, 0.4) is 0 Å². The van der Waals surface area contributed by atoms with E-state index in [1.54, 1.807) is 0 Å². The lowest BCUT2D eigenvalue weighted by atomic mass is 9.54. The van der Waals surface area contributed by atoms with Crippen molar-refractivity contribution in [3.05, 3.63) is 220 Å². The Kier molecular flexibility index (Phi) is 13.2. The number of aryl methyl sites for hydroxylation is 1. The average molecular weight is 899 g/mol. The first-order valence-electron chi connectivity index (χ1n) is 25.3. The molecule has 0 atom stereocenters. The van der Waals surface area contributed by atoms with Crippen LogP contribution in [0.1, 0.15) is 113 Å². The number of rotatable bonds is 12. The standard InChI is InChI=1S/C65H65BN3/c1-7-18-55-58(53-25-15-14-19-44(53)5)41-62-65(63(55)56-36-32-49(46-20-10-8-11-21-46)39-59(56)68-51-34-27-43(4)28-35-51)66-64(42(2)3)61(37-29-45(6)52-24-16-17-26-54(52)48-30-31-48)69(62)60-38-33-50(67)40-57(60)47-22-12-9-13-23-47/h8-10,12-17,19-20,22-27,29,32-34,36-41,48,68H,7,11,18,21,28,30-31,35,67H2,1-6H3/b45-29+,61-37+. The summed E-state index contributed by atoms with van der Waals surface area (Å²) in [6.45, 7) is 13.7. The van der Waals surface area contributed by atoms with E-state index >= 15 is 0 Å². The van der Waals surface area contributed by atoms with Gasteiger partial charge in [0.2, 0.25) is 0 Å². The summed E-state index contributed by atoms with van der Waals surface area (Å²) >= 11 is 0. The molecule has 1 heterocycles.